The molecule has 2 rings (SSSR count). The molecule has 1 heterocycles. The zero-order valence-corrected chi connectivity index (χ0v) is 11.6. The van der Waals surface area contributed by atoms with Gasteiger partial charge < -0.3 is 5.32 Å². The molecule has 0 saturated carbocycles. The van der Waals surface area contributed by atoms with Crippen LogP contribution in [0.2, 0.25) is 5.02 Å². The van der Waals surface area contributed by atoms with Crippen molar-refractivity contribution < 1.29 is 13.2 Å². The van der Waals surface area contributed by atoms with E-state index in [1.165, 1.54) is 6.08 Å². The van der Waals surface area contributed by atoms with Crippen LogP contribution in [0.15, 0.2) is 29.7 Å². The van der Waals surface area contributed by atoms with Crippen molar-refractivity contribution in [1.82, 2.24) is 9.62 Å². The normalized spacial score (nSPS) is 17.6. The Labute approximate surface area is 116 Å². The predicted octanol–water partition coefficient (Wildman–Crippen LogP) is 1.07. The second-order valence-corrected chi connectivity index (χ2v) is 6.34. The van der Waals surface area contributed by atoms with Gasteiger partial charge in [-0.05, 0) is 23.8 Å². The quantitative estimate of drug-likeness (QED) is 0.908. The zero-order valence-electron chi connectivity index (χ0n) is 10.0. The van der Waals surface area contributed by atoms with Gasteiger partial charge in [0, 0.05) is 23.5 Å². The second-order valence-electron chi connectivity index (χ2n) is 4.08. The molecule has 1 aromatic rings. The van der Waals surface area contributed by atoms with Gasteiger partial charge in [-0.15, -0.1) is 0 Å². The molecule has 5 nitrogen and oxygen atoms in total. The number of benzene rings is 1. The number of carbonyl (C=O) groups excluding carboxylic acids is 1. The maximum atomic E-state index is 12.0. The third-order valence-electron chi connectivity index (χ3n) is 2.67. The van der Waals surface area contributed by atoms with Gasteiger partial charge in [0.05, 0.1) is 6.54 Å². The zero-order chi connectivity index (χ0) is 13.9. The van der Waals surface area contributed by atoms with E-state index in [1.807, 2.05) is 0 Å². The topological polar surface area (TPSA) is 66.5 Å². The average molecular weight is 301 g/mol. The lowest BCUT2D eigenvalue weighted by Gasteiger charge is -2.24. The van der Waals surface area contributed by atoms with Gasteiger partial charge in [-0.3, -0.25) is 4.79 Å². The number of sulfonamides is 1. The number of rotatable bonds is 3. The average Bonchev–Trinajstić information content (AvgIpc) is 2.38. The Bertz CT molecular complexity index is 596. The molecule has 1 aliphatic heterocycles. The lowest BCUT2D eigenvalue weighted by atomic mass is 10.2. The number of amides is 1. The molecule has 1 saturated heterocycles. The van der Waals surface area contributed by atoms with Crippen molar-refractivity contribution in [3.8, 4) is 0 Å². The number of hydrogen-bond donors (Lipinski definition) is 1. The van der Waals surface area contributed by atoms with Gasteiger partial charge >= 0.3 is 0 Å². The molecule has 0 radical (unpaired) electrons. The minimum atomic E-state index is -3.57. The molecule has 0 bridgehead atoms. The highest BCUT2D eigenvalue weighted by Gasteiger charge is 2.25. The van der Waals surface area contributed by atoms with Gasteiger partial charge in [-0.1, -0.05) is 23.7 Å². The third kappa shape index (κ3) is 3.79. The van der Waals surface area contributed by atoms with E-state index in [-0.39, 0.29) is 12.5 Å². The molecule has 1 aliphatic rings. The van der Waals surface area contributed by atoms with Crippen LogP contribution in [0.25, 0.3) is 6.08 Å². The molecule has 0 atom stereocenters. The first-order chi connectivity index (χ1) is 8.97. The molecule has 0 aromatic heterocycles. The highest BCUT2D eigenvalue weighted by Crippen LogP contribution is 2.12. The van der Waals surface area contributed by atoms with Crippen LogP contribution in [-0.4, -0.2) is 38.3 Å². The fourth-order valence-corrected chi connectivity index (χ4v) is 2.93. The molecule has 0 spiro atoms. The second kappa shape index (κ2) is 5.73. The van der Waals surface area contributed by atoms with Crippen molar-refractivity contribution in [3.63, 3.8) is 0 Å². The largest absolute Gasteiger partial charge is 0.354 e. The molecular weight excluding hydrogens is 288 g/mol. The van der Waals surface area contributed by atoms with E-state index in [4.69, 9.17) is 11.6 Å². The fourth-order valence-electron chi connectivity index (χ4n) is 1.66. The van der Waals surface area contributed by atoms with Crippen molar-refractivity contribution in [3.05, 3.63) is 40.3 Å². The van der Waals surface area contributed by atoms with Crippen LogP contribution in [0.3, 0.4) is 0 Å². The summed E-state index contributed by atoms with van der Waals surface area (Å²) in [6.45, 7) is 0.499. The summed E-state index contributed by atoms with van der Waals surface area (Å²) in [5.41, 5.74) is 0.731. The molecule has 1 fully saturated rings. The highest BCUT2D eigenvalue weighted by atomic mass is 35.5. The van der Waals surface area contributed by atoms with Crippen molar-refractivity contribution in [2.24, 2.45) is 0 Å². The van der Waals surface area contributed by atoms with E-state index >= 15 is 0 Å². The van der Waals surface area contributed by atoms with Gasteiger partial charge in [0.15, 0.2) is 0 Å². The lowest BCUT2D eigenvalue weighted by Crippen LogP contribution is -2.49. The molecule has 0 aliphatic carbocycles. The van der Waals surface area contributed by atoms with E-state index in [1.54, 1.807) is 24.3 Å². The van der Waals surface area contributed by atoms with Crippen LogP contribution < -0.4 is 5.32 Å². The minimum absolute atomic E-state index is 0.132. The van der Waals surface area contributed by atoms with Gasteiger partial charge in [0.1, 0.15) is 0 Å². The molecule has 102 valence electrons. The minimum Gasteiger partial charge on any atom is -0.354 e. The van der Waals surface area contributed by atoms with E-state index in [0.29, 0.717) is 18.1 Å². The van der Waals surface area contributed by atoms with E-state index < -0.39 is 10.0 Å². The van der Waals surface area contributed by atoms with Crippen LogP contribution in [0, 0.1) is 0 Å². The van der Waals surface area contributed by atoms with E-state index in [0.717, 1.165) is 15.3 Å². The Morgan fingerprint density at radius 3 is 2.58 bits per heavy atom. The summed E-state index contributed by atoms with van der Waals surface area (Å²) in [6.07, 6.45) is 1.48. The molecular formula is C12H13ClN2O3S. The van der Waals surface area contributed by atoms with Crippen LogP contribution in [-0.2, 0) is 14.8 Å². The summed E-state index contributed by atoms with van der Waals surface area (Å²) in [4.78, 5) is 11.2. The third-order valence-corrected chi connectivity index (χ3v) is 4.43. The van der Waals surface area contributed by atoms with Crippen LogP contribution in [0.4, 0.5) is 0 Å². The predicted molar refractivity (Wildman–Crippen MR) is 74.0 cm³/mol. The fraction of sp³-hybridized carbons (Fsp3) is 0.250. The number of halogens is 1. The summed E-state index contributed by atoms with van der Waals surface area (Å²) in [5.74, 6) is -0.283. The Kier molecular flexibility index (Phi) is 4.24. The van der Waals surface area contributed by atoms with Crippen LogP contribution >= 0.6 is 11.6 Å². The van der Waals surface area contributed by atoms with E-state index in [9.17, 15) is 13.2 Å². The van der Waals surface area contributed by atoms with Gasteiger partial charge in [-0.25, -0.2) is 8.42 Å². The molecule has 1 amide bonds. The maximum Gasteiger partial charge on any atom is 0.236 e. The van der Waals surface area contributed by atoms with Gasteiger partial charge in [0.2, 0.25) is 15.9 Å². The summed E-state index contributed by atoms with van der Waals surface area (Å²) in [7, 11) is -3.57. The Morgan fingerprint density at radius 2 is 1.95 bits per heavy atom. The lowest BCUT2D eigenvalue weighted by molar-refractivity contribution is -0.122. The standard InChI is InChI=1S/C12H13ClN2O3S/c13-11-3-1-10(2-4-11)5-8-19(17,18)15-7-6-14-12(16)9-15/h1-5,8H,6-7,9H2,(H,14,16). The van der Waals surface area contributed by atoms with E-state index in [2.05, 4.69) is 5.32 Å². The Morgan fingerprint density at radius 1 is 1.26 bits per heavy atom. The van der Waals surface area contributed by atoms with Crippen molar-refractivity contribution in [2.75, 3.05) is 19.6 Å². The number of carbonyl (C=O) groups is 1. The number of piperazine rings is 1. The molecule has 0 unspecified atom stereocenters. The highest BCUT2D eigenvalue weighted by molar-refractivity contribution is 7.92. The Hall–Kier alpha value is -1.37. The summed E-state index contributed by atoms with van der Waals surface area (Å²) in [6, 6.07) is 6.80. The first-order valence-electron chi connectivity index (χ1n) is 5.68. The molecule has 1 aromatic carbocycles. The van der Waals surface area contributed by atoms with Crippen molar-refractivity contribution >= 4 is 33.6 Å². The first-order valence-corrected chi connectivity index (χ1v) is 7.56. The monoisotopic (exact) mass is 300 g/mol. The molecule has 7 heteroatoms. The van der Waals surface area contributed by atoms with Crippen molar-refractivity contribution in [1.29, 1.82) is 0 Å². The first kappa shape index (κ1) is 14.0. The summed E-state index contributed by atoms with van der Waals surface area (Å²) >= 11 is 5.74. The molecule has 19 heavy (non-hydrogen) atoms. The van der Waals surface area contributed by atoms with Crippen LogP contribution in [0.1, 0.15) is 5.56 Å². The summed E-state index contributed by atoms with van der Waals surface area (Å²) in [5, 5.41) is 4.28. The van der Waals surface area contributed by atoms with Gasteiger partial charge in [0.25, 0.3) is 0 Å². The van der Waals surface area contributed by atoms with Crippen LogP contribution in [0.5, 0.6) is 0 Å². The Balaban J connectivity index is 2.12. The SMILES string of the molecule is O=C1CN(S(=O)(=O)C=Cc2ccc(Cl)cc2)CCN1. The number of nitrogens with zero attached hydrogens (tertiary/aromatic N) is 1. The number of hydrogen-bond acceptors (Lipinski definition) is 3. The molecule has 1 N–H and O–H groups in total. The smallest absolute Gasteiger partial charge is 0.236 e. The van der Waals surface area contributed by atoms with Crippen molar-refractivity contribution in [2.45, 2.75) is 0 Å². The summed E-state index contributed by atoms with van der Waals surface area (Å²) < 4.78 is 25.2. The number of nitrogens with one attached hydrogen (secondary N) is 1. The maximum absolute atomic E-state index is 12.0. The van der Waals surface area contributed by atoms with Gasteiger partial charge in [-0.2, -0.15) is 4.31 Å².